The van der Waals surface area contributed by atoms with Crippen molar-refractivity contribution in [3.63, 3.8) is 0 Å². The van der Waals surface area contributed by atoms with E-state index in [9.17, 15) is 18.0 Å². The van der Waals surface area contributed by atoms with Gasteiger partial charge in [-0.2, -0.15) is 18.2 Å². The van der Waals surface area contributed by atoms with Crippen LogP contribution in [-0.4, -0.2) is 14.7 Å². The fraction of sp³-hybridized carbons (Fsp3) is 0.500. The van der Waals surface area contributed by atoms with Crippen molar-refractivity contribution < 1.29 is 17.7 Å². The Balaban J connectivity index is 2.20. The van der Waals surface area contributed by atoms with Crippen LogP contribution in [-0.2, 0) is 12.7 Å². The lowest BCUT2D eigenvalue weighted by atomic mass is 10.0. The van der Waals surface area contributed by atoms with Crippen LogP contribution in [0.15, 0.2) is 27.6 Å². The van der Waals surface area contributed by atoms with Crippen molar-refractivity contribution in [1.82, 2.24) is 14.7 Å². The van der Waals surface area contributed by atoms with Crippen LogP contribution in [0.1, 0.15) is 43.6 Å². The average molecular weight is 330 g/mol. The standard InChI is InChI=1S/C14H17F3N4O2/c1-8(2)5-10(18)13-19-11(23-20-13)7-21-6-9(14(15,16)17)3-4-12(21)22/h3-4,6,8,10H,5,7,18H2,1-2H3. The Kier molecular flexibility index (Phi) is 4.88. The summed E-state index contributed by atoms with van der Waals surface area (Å²) in [5, 5.41) is 3.72. The van der Waals surface area contributed by atoms with Gasteiger partial charge in [-0.05, 0) is 18.4 Å². The molecule has 0 aliphatic heterocycles. The molecule has 0 radical (unpaired) electrons. The number of nitrogens with zero attached hydrogens (tertiary/aromatic N) is 3. The summed E-state index contributed by atoms with van der Waals surface area (Å²) in [6.45, 7) is 3.73. The number of nitrogens with two attached hydrogens (primary N) is 1. The third kappa shape index (κ3) is 4.41. The van der Waals surface area contributed by atoms with Crippen LogP contribution in [0.25, 0.3) is 0 Å². The number of hydrogen-bond acceptors (Lipinski definition) is 5. The molecule has 1 atom stereocenters. The molecule has 6 nitrogen and oxygen atoms in total. The Morgan fingerprint density at radius 2 is 2.04 bits per heavy atom. The Morgan fingerprint density at radius 1 is 1.35 bits per heavy atom. The summed E-state index contributed by atoms with van der Waals surface area (Å²) >= 11 is 0. The van der Waals surface area contributed by atoms with Crippen molar-refractivity contribution in [3.05, 3.63) is 46.0 Å². The van der Waals surface area contributed by atoms with Crippen LogP contribution in [0.2, 0.25) is 0 Å². The van der Waals surface area contributed by atoms with Crippen LogP contribution in [0.3, 0.4) is 0 Å². The molecule has 2 heterocycles. The molecule has 0 saturated heterocycles. The highest BCUT2D eigenvalue weighted by atomic mass is 19.4. The number of pyridine rings is 1. The second-order valence-corrected chi connectivity index (χ2v) is 5.66. The summed E-state index contributed by atoms with van der Waals surface area (Å²) < 4.78 is 43.9. The van der Waals surface area contributed by atoms with Crippen molar-refractivity contribution in [2.24, 2.45) is 11.7 Å². The van der Waals surface area contributed by atoms with Crippen molar-refractivity contribution in [2.45, 2.75) is 39.0 Å². The molecule has 0 amide bonds. The van der Waals surface area contributed by atoms with E-state index in [1.807, 2.05) is 13.8 Å². The average Bonchev–Trinajstić information content (AvgIpc) is 2.88. The summed E-state index contributed by atoms with van der Waals surface area (Å²) in [5.74, 6) is 0.632. The molecular weight excluding hydrogens is 313 g/mol. The molecule has 2 aromatic heterocycles. The van der Waals surface area contributed by atoms with Gasteiger partial charge in [0.15, 0.2) is 5.82 Å². The zero-order chi connectivity index (χ0) is 17.2. The molecular formula is C14H17F3N4O2. The monoisotopic (exact) mass is 330 g/mol. The van der Waals surface area contributed by atoms with Gasteiger partial charge in [-0.25, -0.2) is 0 Å². The van der Waals surface area contributed by atoms with E-state index in [1.165, 1.54) is 0 Å². The van der Waals surface area contributed by atoms with Crippen LogP contribution < -0.4 is 11.3 Å². The van der Waals surface area contributed by atoms with Crippen molar-refractivity contribution in [1.29, 1.82) is 0 Å². The van der Waals surface area contributed by atoms with Crippen LogP contribution in [0.4, 0.5) is 13.2 Å². The summed E-state index contributed by atoms with van der Waals surface area (Å²) in [4.78, 5) is 15.7. The molecule has 2 aromatic rings. The molecule has 2 rings (SSSR count). The Morgan fingerprint density at radius 3 is 2.65 bits per heavy atom. The molecule has 0 fully saturated rings. The number of aromatic nitrogens is 3. The second-order valence-electron chi connectivity index (χ2n) is 5.66. The largest absolute Gasteiger partial charge is 0.417 e. The minimum Gasteiger partial charge on any atom is -0.337 e. The number of rotatable bonds is 5. The van der Waals surface area contributed by atoms with Crippen molar-refractivity contribution in [2.75, 3.05) is 0 Å². The van der Waals surface area contributed by atoms with Gasteiger partial charge in [-0.3, -0.25) is 4.79 Å². The topological polar surface area (TPSA) is 86.9 Å². The fourth-order valence-electron chi connectivity index (χ4n) is 2.06. The normalized spacial score (nSPS) is 13.5. The maximum atomic E-state index is 12.7. The lowest BCUT2D eigenvalue weighted by Crippen LogP contribution is -2.22. The van der Waals surface area contributed by atoms with Gasteiger partial charge in [-0.15, -0.1) is 0 Å². The maximum absolute atomic E-state index is 12.7. The molecule has 2 N–H and O–H groups in total. The molecule has 0 aromatic carbocycles. The molecule has 0 aliphatic carbocycles. The van der Waals surface area contributed by atoms with E-state index in [0.717, 1.165) is 22.9 Å². The van der Waals surface area contributed by atoms with Crippen molar-refractivity contribution >= 4 is 0 Å². The first-order valence-electron chi connectivity index (χ1n) is 7.02. The molecule has 0 bridgehead atoms. The molecule has 1 unspecified atom stereocenters. The van der Waals surface area contributed by atoms with E-state index >= 15 is 0 Å². The molecule has 0 saturated carbocycles. The highest BCUT2D eigenvalue weighted by Gasteiger charge is 2.31. The first kappa shape index (κ1) is 17.2. The maximum Gasteiger partial charge on any atom is 0.417 e. The number of hydrogen-bond donors (Lipinski definition) is 1. The minimum absolute atomic E-state index is 0.0284. The second kappa shape index (κ2) is 6.53. The molecule has 0 aliphatic rings. The zero-order valence-electron chi connectivity index (χ0n) is 12.7. The fourth-order valence-corrected chi connectivity index (χ4v) is 2.06. The van der Waals surface area contributed by atoms with Gasteiger partial charge in [0.05, 0.1) is 11.6 Å². The summed E-state index contributed by atoms with van der Waals surface area (Å²) in [6, 6.07) is 1.16. The summed E-state index contributed by atoms with van der Waals surface area (Å²) in [7, 11) is 0. The minimum atomic E-state index is -4.53. The van der Waals surface area contributed by atoms with E-state index in [-0.39, 0.29) is 18.3 Å². The molecule has 23 heavy (non-hydrogen) atoms. The quantitative estimate of drug-likeness (QED) is 0.909. The number of halogens is 3. The van der Waals surface area contributed by atoms with E-state index in [4.69, 9.17) is 10.3 Å². The van der Waals surface area contributed by atoms with Crippen molar-refractivity contribution in [3.8, 4) is 0 Å². The summed E-state index contributed by atoms with van der Waals surface area (Å²) in [6.07, 6.45) is -3.17. The SMILES string of the molecule is CC(C)CC(N)c1noc(Cn2cc(C(F)(F)F)ccc2=O)n1. The predicted molar refractivity (Wildman–Crippen MR) is 75.5 cm³/mol. The van der Waals surface area contributed by atoms with Crippen LogP contribution in [0.5, 0.6) is 0 Å². The Hall–Kier alpha value is -2.16. The van der Waals surface area contributed by atoms with Gasteiger partial charge in [0, 0.05) is 12.3 Å². The summed E-state index contributed by atoms with van der Waals surface area (Å²) in [5.41, 5.74) is 4.40. The van der Waals surface area contributed by atoms with Gasteiger partial charge in [0.1, 0.15) is 6.54 Å². The third-order valence-electron chi connectivity index (χ3n) is 3.16. The molecule has 0 spiro atoms. The Bertz CT molecular complexity index is 721. The molecule has 126 valence electrons. The highest BCUT2D eigenvalue weighted by molar-refractivity contribution is 5.14. The smallest absolute Gasteiger partial charge is 0.337 e. The third-order valence-corrected chi connectivity index (χ3v) is 3.16. The van der Waals surface area contributed by atoms with E-state index < -0.39 is 23.3 Å². The van der Waals surface area contributed by atoms with Crippen LogP contribution >= 0.6 is 0 Å². The van der Waals surface area contributed by atoms with E-state index in [1.54, 1.807) is 0 Å². The van der Waals surface area contributed by atoms with Gasteiger partial charge in [0.2, 0.25) is 5.89 Å². The zero-order valence-corrected chi connectivity index (χ0v) is 12.7. The van der Waals surface area contributed by atoms with E-state index in [2.05, 4.69) is 10.1 Å². The number of alkyl halides is 3. The van der Waals surface area contributed by atoms with E-state index in [0.29, 0.717) is 12.3 Å². The lowest BCUT2D eigenvalue weighted by molar-refractivity contribution is -0.138. The first-order valence-corrected chi connectivity index (χ1v) is 7.02. The van der Waals surface area contributed by atoms with Gasteiger partial charge in [0.25, 0.3) is 5.56 Å². The van der Waals surface area contributed by atoms with Gasteiger partial charge < -0.3 is 14.8 Å². The van der Waals surface area contributed by atoms with Gasteiger partial charge >= 0.3 is 6.18 Å². The van der Waals surface area contributed by atoms with Crippen LogP contribution in [0, 0.1) is 5.92 Å². The Labute approximate surface area is 130 Å². The first-order chi connectivity index (χ1) is 10.7. The predicted octanol–water partition coefficient (Wildman–Crippen LogP) is 2.34. The lowest BCUT2D eigenvalue weighted by Gasteiger charge is -2.09. The highest BCUT2D eigenvalue weighted by Crippen LogP contribution is 2.28. The molecule has 9 heteroatoms. The van der Waals surface area contributed by atoms with Gasteiger partial charge in [-0.1, -0.05) is 19.0 Å².